The molecule has 1 saturated heterocycles. The van der Waals surface area contributed by atoms with Crippen molar-refractivity contribution in [3.63, 3.8) is 0 Å². The lowest BCUT2D eigenvalue weighted by Crippen LogP contribution is -2.44. The van der Waals surface area contributed by atoms with E-state index in [1.165, 1.54) is 0 Å². The highest BCUT2D eigenvalue weighted by molar-refractivity contribution is 6.35. The Morgan fingerprint density at radius 1 is 1.29 bits per heavy atom. The van der Waals surface area contributed by atoms with E-state index in [9.17, 15) is 0 Å². The van der Waals surface area contributed by atoms with Crippen molar-refractivity contribution in [3.8, 4) is 0 Å². The van der Waals surface area contributed by atoms with Gasteiger partial charge in [0.05, 0.1) is 36.8 Å². The Morgan fingerprint density at radius 2 is 2.06 bits per heavy atom. The number of aromatic nitrogens is 2. The standard InChI is InChI=1S/C11H13ClN4O/c12-8-2-1-3-9-10(8)16(11(13)14-9)15-4-6-17-7-5-15/h1-3H,4-7H2,(H2,13,14). The topological polar surface area (TPSA) is 56.3 Å². The number of rotatable bonds is 1. The van der Waals surface area contributed by atoms with E-state index < -0.39 is 0 Å². The molecule has 0 aliphatic carbocycles. The number of benzene rings is 1. The molecule has 2 heterocycles. The summed E-state index contributed by atoms with van der Waals surface area (Å²) in [6.45, 7) is 2.98. The average Bonchev–Trinajstić information content (AvgIpc) is 2.68. The van der Waals surface area contributed by atoms with Crippen molar-refractivity contribution >= 4 is 28.6 Å². The summed E-state index contributed by atoms with van der Waals surface area (Å²) < 4.78 is 7.22. The molecule has 0 bridgehead atoms. The average molecular weight is 253 g/mol. The van der Waals surface area contributed by atoms with Gasteiger partial charge in [-0.25, -0.2) is 9.66 Å². The van der Waals surface area contributed by atoms with Crippen LogP contribution in [0.4, 0.5) is 5.95 Å². The van der Waals surface area contributed by atoms with E-state index in [1.54, 1.807) is 0 Å². The second kappa shape index (κ2) is 4.09. The summed E-state index contributed by atoms with van der Waals surface area (Å²) in [4.78, 5) is 4.32. The second-order valence-electron chi connectivity index (χ2n) is 3.96. The molecule has 0 atom stereocenters. The lowest BCUT2D eigenvalue weighted by molar-refractivity contribution is 0.112. The smallest absolute Gasteiger partial charge is 0.220 e. The Morgan fingerprint density at radius 3 is 2.82 bits per heavy atom. The zero-order chi connectivity index (χ0) is 11.8. The Kier molecular flexibility index (Phi) is 2.57. The molecule has 1 aliphatic heterocycles. The summed E-state index contributed by atoms with van der Waals surface area (Å²) in [5.74, 6) is 0.468. The number of imidazole rings is 1. The van der Waals surface area contributed by atoms with Gasteiger partial charge in [-0.1, -0.05) is 17.7 Å². The summed E-state index contributed by atoms with van der Waals surface area (Å²) in [5.41, 5.74) is 7.65. The number of halogens is 1. The number of hydrogen-bond acceptors (Lipinski definition) is 4. The maximum Gasteiger partial charge on any atom is 0.220 e. The predicted molar refractivity (Wildman–Crippen MR) is 67.9 cm³/mol. The number of nitrogen functional groups attached to an aromatic ring is 1. The molecule has 1 aromatic heterocycles. The van der Waals surface area contributed by atoms with E-state index in [0.29, 0.717) is 24.2 Å². The third-order valence-electron chi connectivity index (χ3n) is 2.90. The molecule has 0 spiro atoms. The zero-order valence-corrected chi connectivity index (χ0v) is 10.0. The number of morpholine rings is 1. The lowest BCUT2D eigenvalue weighted by atomic mass is 10.3. The van der Waals surface area contributed by atoms with E-state index >= 15 is 0 Å². The summed E-state index contributed by atoms with van der Waals surface area (Å²) in [5, 5.41) is 2.78. The molecule has 1 fully saturated rings. The van der Waals surface area contributed by atoms with Crippen molar-refractivity contribution in [2.45, 2.75) is 0 Å². The van der Waals surface area contributed by atoms with Crippen molar-refractivity contribution in [1.29, 1.82) is 0 Å². The highest BCUT2D eigenvalue weighted by atomic mass is 35.5. The van der Waals surface area contributed by atoms with Crippen LogP contribution in [0, 0.1) is 0 Å². The normalized spacial score (nSPS) is 16.6. The molecule has 2 N–H and O–H groups in total. The van der Waals surface area contributed by atoms with Crippen LogP contribution >= 0.6 is 11.6 Å². The molecular weight excluding hydrogens is 240 g/mol. The van der Waals surface area contributed by atoms with Gasteiger partial charge in [0.25, 0.3) is 0 Å². The first-order valence-corrected chi connectivity index (χ1v) is 5.90. The highest BCUT2D eigenvalue weighted by Gasteiger charge is 2.18. The van der Waals surface area contributed by atoms with Crippen LogP contribution in [0.5, 0.6) is 0 Å². The SMILES string of the molecule is Nc1nc2cccc(Cl)c2n1N1CCOCC1. The van der Waals surface area contributed by atoms with Crippen LogP contribution in [0.3, 0.4) is 0 Å². The van der Waals surface area contributed by atoms with Gasteiger partial charge >= 0.3 is 0 Å². The van der Waals surface area contributed by atoms with Crippen LogP contribution in [0.25, 0.3) is 11.0 Å². The van der Waals surface area contributed by atoms with Crippen molar-refractivity contribution in [3.05, 3.63) is 23.2 Å². The van der Waals surface area contributed by atoms with E-state index in [1.807, 2.05) is 22.9 Å². The van der Waals surface area contributed by atoms with Crippen LogP contribution < -0.4 is 10.7 Å². The monoisotopic (exact) mass is 252 g/mol. The van der Waals surface area contributed by atoms with Crippen molar-refractivity contribution < 1.29 is 4.74 Å². The van der Waals surface area contributed by atoms with Gasteiger partial charge in [-0.3, -0.25) is 0 Å². The molecule has 5 nitrogen and oxygen atoms in total. The van der Waals surface area contributed by atoms with Gasteiger partial charge < -0.3 is 15.5 Å². The number of nitrogens with zero attached hydrogens (tertiary/aromatic N) is 3. The third kappa shape index (κ3) is 1.71. The first kappa shape index (κ1) is 10.7. The Hall–Kier alpha value is -1.46. The number of hydrogen-bond donors (Lipinski definition) is 1. The van der Waals surface area contributed by atoms with Gasteiger partial charge in [-0.05, 0) is 12.1 Å². The molecule has 0 saturated carbocycles. The molecular formula is C11H13ClN4O. The first-order valence-electron chi connectivity index (χ1n) is 5.53. The fourth-order valence-corrected chi connectivity index (χ4v) is 2.38. The fraction of sp³-hybridized carbons (Fsp3) is 0.364. The maximum absolute atomic E-state index is 6.22. The van der Waals surface area contributed by atoms with Crippen molar-refractivity contribution in [2.75, 3.05) is 37.0 Å². The quantitative estimate of drug-likeness (QED) is 0.830. The third-order valence-corrected chi connectivity index (χ3v) is 3.20. The van der Waals surface area contributed by atoms with E-state index in [2.05, 4.69) is 9.99 Å². The van der Waals surface area contributed by atoms with Crippen LogP contribution in [-0.4, -0.2) is 36.0 Å². The van der Waals surface area contributed by atoms with Gasteiger partial charge in [-0.15, -0.1) is 0 Å². The number of para-hydroxylation sites is 1. The van der Waals surface area contributed by atoms with Crippen LogP contribution in [0.15, 0.2) is 18.2 Å². The second-order valence-corrected chi connectivity index (χ2v) is 4.36. The van der Waals surface area contributed by atoms with E-state index in [0.717, 1.165) is 24.1 Å². The number of ether oxygens (including phenoxy) is 1. The number of nitrogens with two attached hydrogens (primary N) is 1. The predicted octanol–water partition coefficient (Wildman–Crippen LogP) is 1.24. The minimum atomic E-state index is 0.468. The first-order chi connectivity index (χ1) is 8.27. The molecule has 17 heavy (non-hydrogen) atoms. The summed E-state index contributed by atoms with van der Waals surface area (Å²) in [6, 6.07) is 5.64. The van der Waals surface area contributed by atoms with E-state index in [4.69, 9.17) is 22.1 Å². The van der Waals surface area contributed by atoms with Gasteiger partial charge in [0.15, 0.2) is 0 Å². The summed E-state index contributed by atoms with van der Waals surface area (Å²) >= 11 is 6.22. The van der Waals surface area contributed by atoms with E-state index in [-0.39, 0.29) is 0 Å². The minimum absolute atomic E-state index is 0.468. The van der Waals surface area contributed by atoms with Gasteiger partial charge in [0.2, 0.25) is 5.95 Å². The summed E-state index contributed by atoms with van der Waals surface area (Å²) in [6.07, 6.45) is 0. The van der Waals surface area contributed by atoms with Crippen LogP contribution in [0.2, 0.25) is 5.02 Å². The van der Waals surface area contributed by atoms with Crippen LogP contribution in [-0.2, 0) is 4.74 Å². The highest BCUT2D eigenvalue weighted by Crippen LogP contribution is 2.26. The molecule has 3 rings (SSSR count). The molecule has 0 amide bonds. The summed E-state index contributed by atoms with van der Waals surface area (Å²) in [7, 11) is 0. The number of fused-ring (bicyclic) bond motifs is 1. The van der Waals surface area contributed by atoms with Crippen molar-refractivity contribution in [2.24, 2.45) is 0 Å². The Balaban J connectivity index is 2.16. The largest absolute Gasteiger partial charge is 0.378 e. The molecule has 0 radical (unpaired) electrons. The van der Waals surface area contributed by atoms with Gasteiger partial charge in [-0.2, -0.15) is 0 Å². The Labute approximate surface area is 104 Å². The van der Waals surface area contributed by atoms with Crippen LogP contribution in [0.1, 0.15) is 0 Å². The zero-order valence-electron chi connectivity index (χ0n) is 9.27. The van der Waals surface area contributed by atoms with Gasteiger partial charge in [0, 0.05) is 0 Å². The molecule has 1 aromatic carbocycles. The van der Waals surface area contributed by atoms with Gasteiger partial charge in [0.1, 0.15) is 5.52 Å². The molecule has 2 aromatic rings. The molecule has 6 heteroatoms. The molecule has 1 aliphatic rings. The number of anilines is 1. The van der Waals surface area contributed by atoms with Crippen molar-refractivity contribution in [1.82, 2.24) is 9.66 Å². The molecule has 90 valence electrons. The maximum atomic E-state index is 6.22. The fourth-order valence-electron chi connectivity index (χ4n) is 2.13. The molecule has 0 unspecified atom stereocenters. The lowest BCUT2D eigenvalue weighted by Gasteiger charge is -2.30. The Bertz CT molecular complexity index is 548. The minimum Gasteiger partial charge on any atom is -0.378 e.